The summed E-state index contributed by atoms with van der Waals surface area (Å²) in [6.07, 6.45) is 1.08. The van der Waals surface area contributed by atoms with E-state index in [4.69, 9.17) is 14.2 Å². The average molecular weight is 604 g/mol. The van der Waals surface area contributed by atoms with Crippen LogP contribution in [0.3, 0.4) is 0 Å². The Morgan fingerprint density at radius 3 is 2.02 bits per heavy atom. The smallest absolute Gasteiger partial charge is 0.330 e. The Balaban J connectivity index is 1.38. The van der Waals surface area contributed by atoms with Crippen molar-refractivity contribution in [3.05, 3.63) is 170 Å². The second kappa shape index (κ2) is 13.5. The number of aryl methyl sites for hydroxylation is 1. The third-order valence-electron chi connectivity index (χ3n) is 8.42. The topological polar surface area (TPSA) is 94.6 Å². The first-order chi connectivity index (χ1) is 22.0. The van der Waals surface area contributed by atoms with Crippen LogP contribution in [0, 0.1) is 6.92 Å². The number of nitrogens with zero attached hydrogens (tertiary/aromatic N) is 1. The molecule has 1 aliphatic heterocycles. The second-order valence-electron chi connectivity index (χ2n) is 11.3. The predicted molar refractivity (Wildman–Crippen MR) is 173 cm³/mol. The summed E-state index contributed by atoms with van der Waals surface area (Å²) in [6, 6.07) is 38.3. The fourth-order valence-corrected chi connectivity index (χ4v) is 6.04. The maximum Gasteiger partial charge on any atom is 0.330 e. The molecular weight excluding hydrogens is 566 g/mol. The molecule has 4 aromatic carbocycles. The number of H-pyrrole nitrogens is 1. The van der Waals surface area contributed by atoms with E-state index in [0.717, 1.165) is 28.0 Å². The summed E-state index contributed by atoms with van der Waals surface area (Å²) in [5.41, 5.74) is 2.59. The molecular formula is C37H37N3O5. The van der Waals surface area contributed by atoms with Crippen LogP contribution in [0.4, 0.5) is 0 Å². The lowest BCUT2D eigenvalue weighted by molar-refractivity contribution is -0.0814. The van der Waals surface area contributed by atoms with E-state index in [1.165, 1.54) is 4.57 Å². The lowest BCUT2D eigenvalue weighted by Gasteiger charge is -2.37. The van der Waals surface area contributed by atoms with Crippen LogP contribution in [-0.2, 0) is 21.6 Å². The number of nitrogens with one attached hydrogen (secondary N) is 2. The Kier molecular flexibility index (Phi) is 9.07. The summed E-state index contributed by atoms with van der Waals surface area (Å²) in [4.78, 5) is 27.4. The van der Waals surface area contributed by atoms with Crippen molar-refractivity contribution < 1.29 is 14.2 Å². The van der Waals surface area contributed by atoms with Crippen molar-refractivity contribution in [2.24, 2.45) is 0 Å². The van der Waals surface area contributed by atoms with Crippen LogP contribution >= 0.6 is 0 Å². The van der Waals surface area contributed by atoms with E-state index in [9.17, 15) is 9.59 Å². The van der Waals surface area contributed by atoms with Crippen molar-refractivity contribution in [3.63, 3.8) is 0 Å². The van der Waals surface area contributed by atoms with Gasteiger partial charge >= 0.3 is 5.69 Å². The van der Waals surface area contributed by atoms with Gasteiger partial charge in [-0.15, -0.1) is 0 Å². The molecule has 1 aromatic heterocycles. The van der Waals surface area contributed by atoms with Gasteiger partial charge < -0.3 is 19.5 Å². The molecule has 0 radical (unpaired) electrons. The summed E-state index contributed by atoms with van der Waals surface area (Å²) in [6.45, 7) is 2.52. The van der Waals surface area contributed by atoms with E-state index in [2.05, 4.69) is 46.7 Å². The summed E-state index contributed by atoms with van der Waals surface area (Å²) in [5, 5.41) is 3.65. The third kappa shape index (κ3) is 6.40. The molecule has 0 bridgehead atoms. The highest BCUT2D eigenvalue weighted by Gasteiger charge is 2.42. The van der Waals surface area contributed by atoms with Gasteiger partial charge in [-0.2, -0.15) is 0 Å². The van der Waals surface area contributed by atoms with Gasteiger partial charge in [-0.25, -0.2) is 4.79 Å². The molecule has 8 heteroatoms. The van der Waals surface area contributed by atoms with Crippen LogP contribution in [0.5, 0.6) is 5.75 Å². The molecule has 0 saturated carbocycles. The average Bonchev–Trinajstić information content (AvgIpc) is 3.50. The number of hydrogen-bond donors (Lipinski definition) is 2. The predicted octanol–water partition coefficient (Wildman–Crippen LogP) is 5.31. The van der Waals surface area contributed by atoms with Gasteiger partial charge in [0, 0.05) is 30.8 Å². The Hall–Kier alpha value is -4.76. The lowest BCUT2D eigenvalue weighted by atomic mass is 9.80. The number of rotatable bonds is 11. The minimum absolute atomic E-state index is 0.144. The van der Waals surface area contributed by atoms with Crippen LogP contribution < -0.4 is 21.3 Å². The molecule has 230 valence electrons. The number of aromatic nitrogens is 2. The Bertz CT molecular complexity index is 1770. The van der Waals surface area contributed by atoms with Gasteiger partial charge in [-0.05, 0) is 41.3 Å². The van der Waals surface area contributed by atoms with Crippen LogP contribution in [0.2, 0.25) is 0 Å². The van der Waals surface area contributed by atoms with E-state index in [-0.39, 0.29) is 12.6 Å². The van der Waals surface area contributed by atoms with Crippen molar-refractivity contribution in [3.8, 4) is 5.75 Å². The molecule has 0 unspecified atom stereocenters. The quantitative estimate of drug-likeness (QED) is 0.199. The third-order valence-corrected chi connectivity index (χ3v) is 8.42. The minimum atomic E-state index is -0.967. The molecule has 0 amide bonds. The molecule has 2 heterocycles. The zero-order valence-corrected chi connectivity index (χ0v) is 25.4. The zero-order chi connectivity index (χ0) is 31.2. The fourth-order valence-electron chi connectivity index (χ4n) is 6.04. The van der Waals surface area contributed by atoms with Gasteiger partial charge in [-0.1, -0.05) is 103 Å². The van der Waals surface area contributed by atoms with Gasteiger partial charge in [0.1, 0.15) is 17.6 Å². The summed E-state index contributed by atoms with van der Waals surface area (Å²) in [5.74, 6) is 0.752. The first-order valence-corrected chi connectivity index (χ1v) is 15.1. The molecule has 3 atom stereocenters. The van der Waals surface area contributed by atoms with Gasteiger partial charge in [0.2, 0.25) is 0 Å². The van der Waals surface area contributed by atoms with Crippen molar-refractivity contribution in [2.45, 2.75) is 43.9 Å². The van der Waals surface area contributed by atoms with Crippen LogP contribution in [0.15, 0.2) is 131 Å². The summed E-state index contributed by atoms with van der Waals surface area (Å²) >= 11 is 0. The van der Waals surface area contributed by atoms with E-state index < -0.39 is 29.2 Å². The molecule has 1 aliphatic rings. The summed E-state index contributed by atoms with van der Waals surface area (Å²) < 4.78 is 20.7. The van der Waals surface area contributed by atoms with E-state index in [0.29, 0.717) is 18.5 Å². The van der Waals surface area contributed by atoms with Crippen LogP contribution in [0.25, 0.3) is 0 Å². The Morgan fingerprint density at radius 2 is 1.42 bits per heavy atom. The number of benzene rings is 4. The van der Waals surface area contributed by atoms with E-state index >= 15 is 0 Å². The first kappa shape index (κ1) is 30.3. The van der Waals surface area contributed by atoms with Gasteiger partial charge in [-0.3, -0.25) is 14.3 Å². The van der Waals surface area contributed by atoms with Crippen molar-refractivity contribution in [1.29, 1.82) is 0 Å². The lowest BCUT2D eigenvalue weighted by Crippen LogP contribution is -2.42. The van der Waals surface area contributed by atoms with Crippen molar-refractivity contribution in [1.82, 2.24) is 14.9 Å². The van der Waals surface area contributed by atoms with E-state index in [1.54, 1.807) is 20.2 Å². The number of aromatic amines is 1. The minimum Gasteiger partial charge on any atom is -0.497 e. The first-order valence-electron chi connectivity index (χ1n) is 15.1. The van der Waals surface area contributed by atoms with E-state index in [1.807, 2.05) is 78.9 Å². The highest BCUT2D eigenvalue weighted by atomic mass is 16.6. The molecule has 8 nitrogen and oxygen atoms in total. The fraction of sp³-hybridized carbons (Fsp3) is 0.243. The number of ether oxygens (including phenoxy) is 3. The molecule has 0 aliphatic carbocycles. The number of hydrogen-bond acceptors (Lipinski definition) is 6. The molecule has 0 spiro atoms. The van der Waals surface area contributed by atoms with Crippen LogP contribution in [0.1, 0.15) is 40.5 Å². The highest BCUT2D eigenvalue weighted by molar-refractivity contribution is 5.48. The van der Waals surface area contributed by atoms with Gasteiger partial charge in [0.15, 0.2) is 0 Å². The van der Waals surface area contributed by atoms with Gasteiger partial charge in [0.25, 0.3) is 5.56 Å². The maximum absolute atomic E-state index is 12.9. The van der Waals surface area contributed by atoms with Crippen molar-refractivity contribution >= 4 is 0 Å². The Labute approximate surface area is 262 Å². The maximum atomic E-state index is 12.9. The SMILES string of the molecule is COc1ccc(C(OC[C@H]2O[C@@H](n3cc(C)c(=O)[nH]c3=O)C[C@@H]2NCc2ccccc2)(c2ccccc2)c2ccccc2)cc1. The highest BCUT2D eigenvalue weighted by Crippen LogP contribution is 2.42. The molecule has 6 rings (SSSR count). The largest absolute Gasteiger partial charge is 0.497 e. The molecule has 45 heavy (non-hydrogen) atoms. The molecule has 1 saturated heterocycles. The normalized spacial score (nSPS) is 18.1. The summed E-state index contributed by atoms with van der Waals surface area (Å²) in [7, 11) is 1.65. The molecule has 1 fully saturated rings. The van der Waals surface area contributed by atoms with Gasteiger partial charge in [0.05, 0.1) is 19.8 Å². The molecule has 2 N–H and O–H groups in total. The number of methoxy groups -OCH3 is 1. The standard InChI is InChI=1S/C37H37N3O5/c1-26-24-40(36(42)39-35(26)41)34-22-32(38-23-27-12-6-3-7-13-27)33(45-34)25-44-37(28-14-8-4-9-15-28,29-16-10-5-11-17-29)30-18-20-31(43-2)21-19-30/h3-21,24,32-34,38H,22-23,25H2,1-2H3,(H,39,41,42)/t32-,33+,34+/m0/s1. The van der Waals surface area contributed by atoms with Crippen molar-refractivity contribution in [2.75, 3.05) is 13.7 Å². The Morgan fingerprint density at radius 1 is 0.844 bits per heavy atom. The zero-order valence-electron chi connectivity index (χ0n) is 25.4. The second-order valence-corrected chi connectivity index (χ2v) is 11.3. The van der Waals surface area contributed by atoms with Crippen LogP contribution in [-0.4, -0.2) is 35.4 Å². The molecule has 5 aromatic rings. The monoisotopic (exact) mass is 603 g/mol.